The van der Waals surface area contributed by atoms with Crippen LogP contribution in [-0.4, -0.2) is 58.7 Å². The average Bonchev–Trinajstić information content (AvgIpc) is 3.22. The van der Waals surface area contributed by atoms with Gasteiger partial charge in [0.1, 0.15) is 5.69 Å². The van der Waals surface area contributed by atoms with Crippen molar-refractivity contribution in [2.75, 3.05) is 26.2 Å². The summed E-state index contributed by atoms with van der Waals surface area (Å²) in [5.41, 5.74) is 8.83. The van der Waals surface area contributed by atoms with E-state index in [1.165, 1.54) is 6.42 Å². The molecule has 2 fully saturated rings. The molecule has 4 rings (SSSR count). The van der Waals surface area contributed by atoms with Crippen LogP contribution in [0.4, 0.5) is 0 Å². The zero-order chi connectivity index (χ0) is 21.1. The minimum Gasteiger partial charge on any atom is -0.364 e. The van der Waals surface area contributed by atoms with Gasteiger partial charge in [-0.2, -0.15) is 5.10 Å². The third-order valence-corrected chi connectivity index (χ3v) is 7.17. The molecule has 4 N–H and O–H groups in total. The standard InChI is InChI=1S/C23H33N5O2/c1-2-17-14-16(15-19-21(17)26-27-22(19)23(24)30)6-7-20(29)28(12-4-3-5-13-28)18-8-10-25-11-9-18/h14-15,18,25H,2-13H2,1H3,(H2-,24,26,27,30)/p+1. The minimum absolute atomic E-state index is 0.349. The van der Waals surface area contributed by atoms with E-state index in [-0.39, 0.29) is 0 Å². The number of primary amides is 1. The van der Waals surface area contributed by atoms with Gasteiger partial charge in [-0.05, 0) is 49.3 Å². The molecule has 2 aliphatic rings. The zero-order valence-corrected chi connectivity index (χ0v) is 18.0. The van der Waals surface area contributed by atoms with Gasteiger partial charge >= 0.3 is 5.91 Å². The fourth-order valence-corrected chi connectivity index (χ4v) is 5.53. The second-order valence-electron chi connectivity index (χ2n) is 8.88. The van der Waals surface area contributed by atoms with E-state index in [2.05, 4.69) is 28.5 Å². The number of aryl methyl sites for hydroxylation is 2. The lowest BCUT2D eigenvalue weighted by atomic mass is 9.94. The van der Waals surface area contributed by atoms with Crippen molar-refractivity contribution < 1.29 is 14.1 Å². The smallest absolute Gasteiger partial charge is 0.314 e. The molecule has 1 aromatic heterocycles. The SMILES string of the molecule is CCc1cc(CCC(=O)[N+]2(C3CCNCC3)CCCCC2)cc2c(C(N)=O)[nH]nc12. The highest BCUT2D eigenvalue weighted by atomic mass is 16.2. The Morgan fingerprint density at radius 2 is 1.90 bits per heavy atom. The number of nitrogens with zero attached hydrogens (tertiary/aromatic N) is 2. The van der Waals surface area contributed by atoms with Crippen LogP contribution in [0.2, 0.25) is 0 Å². The van der Waals surface area contributed by atoms with Crippen LogP contribution in [0.1, 0.15) is 67.1 Å². The summed E-state index contributed by atoms with van der Waals surface area (Å²) in [4.78, 5) is 25.4. The molecule has 2 aromatic rings. The number of hydrogen-bond acceptors (Lipinski definition) is 4. The number of nitrogens with two attached hydrogens (primary N) is 1. The van der Waals surface area contributed by atoms with E-state index in [0.717, 1.165) is 80.3 Å². The van der Waals surface area contributed by atoms with E-state index in [9.17, 15) is 9.59 Å². The first-order valence-corrected chi connectivity index (χ1v) is 11.5. The highest BCUT2D eigenvalue weighted by Gasteiger charge is 2.44. The van der Waals surface area contributed by atoms with Crippen LogP contribution in [0.5, 0.6) is 0 Å². The van der Waals surface area contributed by atoms with Gasteiger partial charge in [-0.3, -0.25) is 14.4 Å². The molecule has 162 valence electrons. The van der Waals surface area contributed by atoms with E-state index in [1.54, 1.807) is 0 Å². The summed E-state index contributed by atoms with van der Waals surface area (Å²) in [6, 6.07) is 4.58. The van der Waals surface area contributed by atoms with Crippen LogP contribution in [0.3, 0.4) is 0 Å². The maximum atomic E-state index is 13.6. The molecule has 2 amide bonds. The first kappa shape index (κ1) is 21.0. The molecule has 1 aromatic carbocycles. The molecule has 0 atom stereocenters. The number of benzene rings is 1. The third-order valence-electron chi connectivity index (χ3n) is 7.17. The number of aromatic nitrogens is 2. The summed E-state index contributed by atoms with van der Waals surface area (Å²) in [5, 5.41) is 11.3. The van der Waals surface area contributed by atoms with Crippen molar-refractivity contribution in [1.82, 2.24) is 15.5 Å². The van der Waals surface area contributed by atoms with Crippen molar-refractivity contribution in [3.05, 3.63) is 29.0 Å². The van der Waals surface area contributed by atoms with Crippen LogP contribution in [0.25, 0.3) is 10.9 Å². The second-order valence-corrected chi connectivity index (χ2v) is 8.88. The number of quaternary nitrogens is 1. The van der Waals surface area contributed by atoms with Crippen molar-refractivity contribution in [3.63, 3.8) is 0 Å². The van der Waals surface area contributed by atoms with Crippen LogP contribution >= 0.6 is 0 Å². The molecule has 2 aliphatic heterocycles. The molecule has 0 saturated carbocycles. The lowest BCUT2D eigenvalue weighted by Gasteiger charge is -2.46. The Kier molecular flexibility index (Phi) is 6.20. The predicted molar refractivity (Wildman–Crippen MR) is 117 cm³/mol. The quantitative estimate of drug-likeness (QED) is 0.634. The summed E-state index contributed by atoms with van der Waals surface area (Å²) in [6.45, 7) is 6.11. The number of carbonyl (C=O) groups excluding carboxylic acids is 2. The van der Waals surface area contributed by atoms with E-state index in [4.69, 9.17) is 5.73 Å². The molecule has 0 aliphatic carbocycles. The van der Waals surface area contributed by atoms with Gasteiger partial charge in [0.05, 0.1) is 31.1 Å². The third kappa shape index (κ3) is 3.88. The van der Waals surface area contributed by atoms with Gasteiger partial charge < -0.3 is 11.1 Å². The summed E-state index contributed by atoms with van der Waals surface area (Å²) in [5.74, 6) is -0.112. The van der Waals surface area contributed by atoms with E-state index < -0.39 is 5.91 Å². The highest BCUT2D eigenvalue weighted by molar-refractivity contribution is 6.04. The number of H-pyrrole nitrogens is 1. The van der Waals surface area contributed by atoms with Crippen molar-refractivity contribution in [2.45, 2.75) is 64.3 Å². The first-order valence-electron chi connectivity index (χ1n) is 11.5. The lowest BCUT2D eigenvalue weighted by molar-refractivity contribution is -0.885. The minimum atomic E-state index is -0.503. The van der Waals surface area contributed by atoms with Gasteiger partial charge in [-0.25, -0.2) is 4.79 Å². The zero-order valence-electron chi connectivity index (χ0n) is 18.0. The van der Waals surface area contributed by atoms with Crippen molar-refractivity contribution in [3.8, 4) is 0 Å². The summed E-state index contributed by atoms with van der Waals surface area (Å²) in [7, 11) is 0. The number of aromatic amines is 1. The van der Waals surface area contributed by atoms with Crippen LogP contribution < -0.4 is 11.1 Å². The van der Waals surface area contributed by atoms with Gasteiger partial charge in [-0.15, -0.1) is 0 Å². The fraction of sp³-hybridized carbons (Fsp3) is 0.609. The normalized spacial score (nSPS) is 19.8. The Bertz CT molecular complexity index is 923. The topological polar surface area (TPSA) is 101 Å². The predicted octanol–water partition coefficient (Wildman–Crippen LogP) is 2.44. The highest BCUT2D eigenvalue weighted by Crippen LogP contribution is 2.30. The van der Waals surface area contributed by atoms with Gasteiger partial charge in [0, 0.05) is 31.3 Å². The number of likely N-dealkylation sites (tertiary alicyclic amines) is 1. The Labute approximate surface area is 178 Å². The molecule has 2 saturated heterocycles. The monoisotopic (exact) mass is 412 g/mol. The second kappa shape index (κ2) is 8.86. The van der Waals surface area contributed by atoms with E-state index in [0.29, 0.717) is 35.0 Å². The molecule has 7 heteroatoms. The maximum Gasteiger partial charge on any atom is 0.314 e. The molecule has 0 bridgehead atoms. The Balaban J connectivity index is 1.56. The molecule has 0 unspecified atom stereocenters. The van der Waals surface area contributed by atoms with Crippen LogP contribution in [0.15, 0.2) is 12.1 Å². The summed E-state index contributed by atoms with van der Waals surface area (Å²) in [6.07, 6.45) is 7.78. The molecule has 30 heavy (non-hydrogen) atoms. The van der Waals surface area contributed by atoms with E-state index >= 15 is 0 Å². The average molecular weight is 413 g/mol. The number of amides is 2. The number of carbonyl (C=O) groups is 2. The summed E-state index contributed by atoms with van der Waals surface area (Å²) >= 11 is 0. The van der Waals surface area contributed by atoms with Gasteiger partial charge in [-0.1, -0.05) is 13.0 Å². The van der Waals surface area contributed by atoms with Crippen molar-refractivity contribution in [1.29, 1.82) is 0 Å². The first-order chi connectivity index (χ1) is 14.5. The maximum absolute atomic E-state index is 13.6. The number of hydrogen-bond donors (Lipinski definition) is 3. The number of rotatable bonds is 6. The van der Waals surface area contributed by atoms with Crippen molar-refractivity contribution in [2.24, 2.45) is 5.73 Å². The Morgan fingerprint density at radius 1 is 1.17 bits per heavy atom. The lowest BCUT2D eigenvalue weighted by Crippen LogP contribution is -2.63. The molecule has 7 nitrogen and oxygen atoms in total. The largest absolute Gasteiger partial charge is 0.364 e. The Hall–Kier alpha value is -2.25. The van der Waals surface area contributed by atoms with E-state index in [1.807, 2.05) is 6.07 Å². The number of nitrogens with one attached hydrogen (secondary N) is 2. The molecule has 0 radical (unpaired) electrons. The van der Waals surface area contributed by atoms with Crippen molar-refractivity contribution >= 4 is 22.7 Å². The molecular weight excluding hydrogens is 378 g/mol. The van der Waals surface area contributed by atoms with Gasteiger partial charge in [0.25, 0.3) is 5.91 Å². The summed E-state index contributed by atoms with van der Waals surface area (Å²) < 4.78 is 0.683. The Morgan fingerprint density at radius 3 is 2.57 bits per heavy atom. The van der Waals surface area contributed by atoms with Crippen LogP contribution in [0, 0.1) is 0 Å². The van der Waals surface area contributed by atoms with Crippen LogP contribution in [-0.2, 0) is 17.6 Å². The molecular formula is C23H34N5O2+. The number of piperidine rings is 2. The fourth-order valence-electron chi connectivity index (χ4n) is 5.53. The number of fused-ring (bicyclic) bond motifs is 1. The van der Waals surface area contributed by atoms with Gasteiger partial charge in [0.15, 0.2) is 0 Å². The molecule has 0 spiro atoms. The van der Waals surface area contributed by atoms with Gasteiger partial charge in [0.2, 0.25) is 0 Å². The molecule has 3 heterocycles.